The summed E-state index contributed by atoms with van der Waals surface area (Å²) in [6.45, 7) is 4.46. The van der Waals surface area contributed by atoms with Crippen molar-refractivity contribution in [3.8, 4) is 11.5 Å². The second-order valence-electron chi connectivity index (χ2n) is 7.30. The zero-order valence-corrected chi connectivity index (χ0v) is 18.6. The number of methoxy groups -OCH3 is 2. The van der Waals surface area contributed by atoms with Gasteiger partial charge in [-0.15, -0.1) is 0 Å². The normalized spacial score (nSPS) is 11.5. The molecule has 0 aromatic heterocycles. The molecule has 0 fully saturated rings. The van der Waals surface area contributed by atoms with Crippen LogP contribution in [0, 0.1) is 5.82 Å². The average Bonchev–Trinajstić information content (AvgIpc) is 2.79. The number of benzene rings is 2. The lowest BCUT2D eigenvalue weighted by Crippen LogP contribution is -2.47. The monoisotopic (exact) mass is 430 g/mol. The van der Waals surface area contributed by atoms with Crippen LogP contribution in [0.25, 0.3) is 0 Å². The molecule has 0 radical (unpaired) electrons. The minimum atomic E-state index is -0.644. The molecule has 0 heterocycles. The maximum Gasteiger partial charge on any atom is 0.242 e. The lowest BCUT2D eigenvalue weighted by Gasteiger charge is -2.29. The molecular weight excluding hydrogens is 399 g/mol. The van der Waals surface area contributed by atoms with Crippen LogP contribution in [0.1, 0.15) is 37.8 Å². The van der Waals surface area contributed by atoms with E-state index in [1.165, 1.54) is 12.1 Å². The van der Waals surface area contributed by atoms with Gasteiger partial charge in [0.15, 0.2) is 11.5 Å². The maximum absolute atomic E-state index is 13.3. The first-order chi connectivity index (χ1) is 14.9. The Kier molecular flexibility index (Phi) is 9.31. The van der Waals surface area contributed by atoms with E-state index in [1.807, 2.05) is 19.1 Å². The molecule has 0 aliphatic rings. The Morgan fingerprint density at radius 3 is 2.29 bits per heavy atom. The first-order valence-corrected chi connectivity index (χ1v) is 10.4. The van der Waals surface area contributed by atoms with E-state index in [2.05, 4.69) is 5.32 Å². The number of ether oxygens (including phenoxy) is 2. The Bertz CT molecular complexity index is 870. The summed E-state index contributed by atoms with van der Waals surface area (Å²) in [4.78, 5) is 27.2. The van der Waals surface area contributed by atoms with E-state index in [0.29, 0.717) is 24.5 Å². The van der Waals surface area contributed by atoms with Crippen LogP contribution in [0.3, 0.4) is 0 Å². The second-order valence-corrected chi connectivity index (χ2v) is 7.30. The van der Waals surface area contributed by atoms with E-state index in [0.717, 1.165) is 17.5 Å². The molecule has 0 aliphatic carbocycles. The van der Waals surface area contributed by atoms with E-state index in [-0.39, 0.29) is 30.6 Å². The van der Waals surface area contributed by atoms with Crippen LogP contribution in [0.5, 0.6) is 11.5 Å². The third-order valence-electron chi connectivity index (χ3n) is 5.06. The Morgan fingerprint density at radius 1 is 1.03 bits per heavy atom. The summed E-state index contributed by atoms with van der Waals surface area (Å²) < 4.78 is 23.8. The standard InChI is InChI=1S/C24H31FN2O4/c1-5-14-26-24(29)17(2)27(16-19-6-10-20(25)11-7-19)23(28)13-9-18-8-12-21(30-3)22(15-18)31-4/h6-8,10-12,15,17H,5,9,13-14,16H2,1-4H3,(H,26,29)/t17-/m0/s1. The number of aryl methyl sites for hydroxylation is 1. The van der Waals surface area contributed by atoms with Crippen molar-refractivity contribution in [2.45, 2.75) is 45.7 Å². The highest BCUT2D eigenvalue weighted by atomic mass is 19.1. The van der Waals surface area contributed by atoms with Gasteiger partial charge in [0.1, 0.15) is 11.9 Å². The molecule has 0 spiro atoms. The van der Waals surface area contributed by atoms with Crippen molar-refractivity contribution in [1.29, 1.82) is 0 Å². The molecule has 0 saturated carbocycles. The Labute approximate surface area is 183 Å². The molecule has 0 bridgehead atoms. The van der Waals surface area contributed by atoms with Crippen molar-refractivity contribution in [1.82, 2.24) is 10.2 Å². The number of nitrogens with zero attached hydrogens (tertiary/aromatic N) is 1. The van der Waals surface area contributed by atoms with Crippen molar-refractivity contribution in [3.05, 3.63) is 59.4 Å². The molecule has 0 saturated heterocycles. The molecule has 2 aromatic rings. The number of hydrogen-bond donors (Lipinski definition) is 1. The molecule has 0 aliphatic heterocycles. The average molecular weight is 431 g/mol. The maximum atomic E-state index is 13.3. The van der Waals surface area contributed by atoms with Crippen molar-refractivity contribution >= 4 is 11.8 Å². The third-order valence-corrected chi connectivity index (χ3v) is 5.06. The number of amides is 2. The first-order valence-electron chi connectivity index (χ1n) is 10.4. The van der Waals surface area contributed by atoms with Crippen molar-refractivity contribution in [2.24, 2.45) is 0 Å². The first kappa shape index (κ1) is 24.2. The van der Waals surface area contributed by atoms with Crippen LogP contribution in [0.15, 0.2) is 42.5 Å². The molecule has 6 nitrogen and oxygen atoms in total. The molecule has 31 heavy (non-hydrogen) atoms. The van der Waals surface area contributed by atoms with Gasteiger partial charge in [0, 0.05) is 19.5 Å². The molecule has 1 N–H and O–H groups in total. The highest BCUT2D eigenvalue weighted by Crippen LogP contribution is 2.28. The summed E-state index contributed by atoms with van der Waals surface area (Å²) in [5.74, 6) is 0.519. The van der Waals surface area contributed by atoms with E-state index >= 15 is 0 Å². The van der Waals surface area contributed by atoms with Crippen LogP contribution in [-0.2, 0) is 22.6 Å². The van der Waals surface area contributed by atoms with Gasteiger partial charge in [-0.2, -0.15) is 0 Å². The summed E-state index contributed by atoms with van der Waals surface area (Å²) >= 11 is 0. The largest absolute Gasteiger partial charge is 0.493 e. The molecule has 1 atom stereocenters. The molecular formula is C24H31FN2O4. The quantitative estimate of drug-likeness (QED) is 0.590. The zero-order chi connectivity index (χ0) is 22.8. The Morgan fingerprint density at radius 2 is 1.68 bits per heavy atom. The lowest BCUT2D eigenvalue weighted by molar-refractivity contribution is -0.140. The lowest BCUT2D eigenvalue weighted by atomic mass is 10.1. The van der Waals surface area contributed by atoms with Gasteiger partial charge in [-0.1, -0.05) is 25.1 Å². The van der Waals surface area contributed by atoms with E-state index in [9.17, 15) is 14.0 Å². The third kappa shape index (κ3) is 6.98. The molecule has 2 aromatic carbocycles. The Hall–Kier alpha value is -3.09. The van der Waals surface area contributed by atoms with Crippen LogP contribution in [0.2, 0.25) is 0 Å². The van der Waals surface area contributed by atoms with Crippen molar-refractivity contribution < 1.29 is 23.5 Å². The molecule has 7 heteroatoms. The van der Waals surface area contributed by atoms with Crippen molar-refractivity contribution in [2.75, 3.05) is 20.8 Å². The van der Waals surface area contributed by atoms with Gasteiger partial charge >= 0.3 is 0 Å². The number of nitrogens with one attached hydrogen (secondary N) is 1. The predicted molar refractivity (Wildman–Crippen MR) is 118 cm³/mol. The van der Waals surface area contributed by atoms with Crippen LogP contribution in [0.4, 0.5) is 4.39 Å². The highest BCUT2D eigenvalue weighted by molar-refractivity contribution is 5.87. The number of carbonyl (C=O) groups excluding carboxylic acids is 2. The van der Waals surface area contributed by atoms with Gasteiger partial charge in [-0.05, 0) is 55.2 Å². The Balaban J connectivity index is 2.14. The van der Waals surface area contributed by atoms with Crippen LogP contribution < -0.4 is 14.8 Å². The fraction of sp³-hybridized carbons (Fsp3) is 0.417. The number of rotatable bonds is 11. The molecule has 2 amide bonds. The summed E-state index contributed by atoms with van der Waals surface area (Å²) in [7, 11) is 3.13. The minimum Gasteiger partial charge on any atom is -0.493 e. The van der Waals surface area contributed by atoms with E-state index in [1.54, 1.807) is 44.2 Å². The van der Waals surface area contributed by atoms with Gasteiger partial charge in [0.25, 0.3) is 0 Å². The van der Waals surface area contributed by atoms with Gasteiger partial charge in [0.05, 0.1) is 14.2 Å². The number of halogens is 1. The minimum absolute atomic E-state index is 0.154. The van der Waals surface area contributed by atoms with Gasteiger partial charge in [0.2, 0.25) is 11.8 Å². The summed E-state index contributed by atoms with van der Waals surface area (Å²) in [5.41, 5.74) is 1.69. The summed E-state index contributed by atoms with van der Waals surface area (Å²) in [6, 6.07) is 10.8. The number of hydrogen-bond acceptors (Lipinski definition) is 4. The van der Waals surface area contributed by atoms with Crippen LogP contribution in [-0.4, -0.2) is 43.5 Å². The van der Waals surface area contributed by atoms with Crippen molar-refractivity contribution in [3.63, 3.8) is 0 Å². The predicted octanol–water partition coefficient (Wildman–Crippen LogP) is 3.72. The summed E-state index contributed by atoms with van der Waals surface area (Å²) in [6.07, 6.45) is 1.52. The highest BCUT2D eigenvalue weighted by Gasteiger charge is 2.25. The molecule has 2 rings (SSSR count). The fourth-order valence-corrected chi connectivity index (χ4v) is 3.20. The summed E-state index contributed by atoms with van der Waals surface area (Å²) in [5, 5.41) is 2.84. The van der Waals surface area contributed by atoms with Gasteiger partial charge < -0.3 is 19.7 Å². The van der Waals surface area contributed by atoms with Gasteiger partial charge in [-0.3, -0.25) is 9.59 Å². The molecule has 168 valence electrons. The smallest absolute Gasteiger partial charge is 0.242 e. The molecule has 0 unspecified atom stereocenters. The topological polar surface area (TPSA) is 67.9 Å². The van der Waals surface area contributed by atoms with E-state index < -0.39 is 6.04 Å². The van der Waals surface area contributed by atoms with Gasteiger partial charge in [-0.25, -0.2) is 4.39 Å². The fourth-order valence-electron chi connectivity index (χ4n) is 3.20. The number of carbonyl (C=O) groups is 2. The zero-order valence-electron chi connectivity index (χ0n) is 18.6. The SMILES string of the molecule is CCCNC(=O)[C@H](C)N(Cc1ccc(F)cc1)C(=O)CCc1ccc(OC)c(OC)c1. The van der Waals surface area contributed by atoms with E-state index in [4.69, 9.17) is 9.47 Å². The van der Waals surface area contributed by atoms with Crippen LogP contribution >= 0.6 is 0 Å². The second kappa shape index (κ2) is 11.9.